The quantitative estimate of drug-likeness (QED) is 0.300. The second kappa shape index (κ2) is 9.27. The number of hydrogen-bond acceptors (Lipinski definition) is 9. The first-order chi connectivity index (χ1) is 17.3. The number of ether oxygens (including phenoxy) is 3. The Kier molecular flexibility index (Phi) is 6.13. The molecule has 1 N–H and O–H groups in total. The highest BCUT2D eigenvalue weighted by atomic mass is 32.1. The van der Waals surface area contributed by atoms with Crippen LogP contribution in [0.15, 0.2) is 42.0 Å². The number of carbonyl (C=O) groups excluding carboxylic acids is 2. The molecule has 5 rings (SSSR count). The smallest absolute Gasteiger partial charge is 0.301 e. The lowest BCUT2D eigenvalue weighted by Crippen LogP contribution is -2.29. The summed E-state index contributed by atoms with van der Waals surface area (Å²) in [6, 6.07) is 9.48. The lowest BCUT2D eigenvalue weighted by Gasteiger charge is -2.23. The minimum absolute atomic E-state index is 0.0277. The van der Waals surface area contributed by atoms with E-state index in [4.69, 9.17) is 14.2 Å². The molecular weight excluding hydrogens is 482 g/mol. The van der Waals surface area contributed by atoms with Crippen LogP contribution in [-0.4, -0.2) is 46.8 Å². The fourth-order valence-electron chi connectivity index (χ4n) is 4.58. The molecule has 0 radical (unpaired) electrons. The lowest BCUT2D eigenvalue weighted by atomic mass is 9.94. The number of Topliss-reactive ketones (excluding diaryl/α,β-unsaturated/α-hetero) is 1. The molecule has 3 aromatic rings. The molecule has 1 fully saturated rings. The molecule has 0 aliphatic carbocycles. The van der Waals surface area contributed by atoms with Gasteiger partial charge < -0.3 is 19.3 Å². The number of nitrogens with zero attached hydrogens (tertiary/aromatic N) is 3. The van der Waals surface area contributed by atoms with Gasteiger partial charge in [0.25, 0.3) is 5.78 Å². The molecule has 186 valence electrons. The average molecular weight is 508 g/mol. The van der Waals surface area contributed by atoms with E-state index < -0.39 is 17.7 Å². The van der Waals surface area contributed by atoms with Gasteiger partial charge in [0, 0.05) is 12.0 Å². The number of carbonyl (C=O) groups is 2. The first kappa shape index (κ1) is 23.8. The Balaban J connectivity index is 1.69. The Bertz CT molecular complexity index is 1400. The summed E-state index contributed by atoms with van der Waals surface area (Å²) in [6.07, 6.45) is 0.717. The van der Waals surface area contributed by atoms with E-state index in [-0.39, 0.29) is 22.6 Å². The highest BCUT2D eigenvalue weighted by molar-refractivity contribution is 7.15. The minimum Gasteiger partial charge on any atom is -0.507 e. The Morgan fingerprint density at radius 1 is 1.19 bits per heavy atom. The van der Waals surface area contributed by atoms with Crippen LogP contribution in [0.2, 0.25) is 0 Å². The van der Waals surface area contributed by atoms with E-state index in [0.29, 0.717) is 40.7 Å². The fraction of sp³-hybridized carbons (Fsp3) is 0.308. The molecular formula is C26H25N3O6S. The lowest BCUT2D eigenvalue weighted by molar-refractivity contribution is -0.132. The number of rotatable bonds is 6. The van der Waals surface area contributed by atoms with Crippen molar-refractivity contribution in [2.45, 2.75) is 39.3 Å². The van der Waals surface area contributed by atoms with Crippen molar-refractivity contribution >= 4 is 33.9 Å². The molecule has 10 heteroatoms. The SMILES string of the molecule is CCOc1ccc([C@H]2C(=C(O)c3ccc4c(c3)C[C@H](C)O4)C(=O)C(=O)N2c2nnc(C)s2)cc1OC. The monoisotopic (exact) mass is 507 g/mol. The van der Waals surface area contributed by atoms with Crippen LogP contribution >= 0.6 is 11.3 Å². The summed E-state index contributed by atoms with van der Waals surface area (Å²) < 4.78 is 16.9. The molecule has 9 nitrogen and oxygen atoms in total. The number of benzene rings is 2. The van der Waals surface area contributed by atoms with Gasteiger partial charge in [-0.15, -0.1) is 10.2 Å². The summed E-state index contributed by atoms with van der Waals surface area (Å²) in [4.78, 5) is 27.9. The van der Waals surface area contributed by atoms with Gasteiger partial charge in [-0.05, 0) is 62.2 Å². The first-order valence-electron chi connectivity index (χ1n) is 11.5. The standard InChI is InChI=1S/C26H25N3O6S/c1-5-34-19-9-6-15(12-20(19)33-4)22-21(24(31)25(32)29(22)26-28-27-14(3)36-26)23(30)16-7-8-18-17(11-16)10-13(2)35-18/h6-9,11-13,22,30H,5,10H2,1-4H3/t13-,22-/m0/s1. The maximum Gasteiger partial charge on any atom is 0.301 e. The van der Waals surface area contributed by atoms with Crippen LogP contribution < -0.4 is 19.1 Å². The van der Waals surface area contributed by atoms with E-state index in [9.17, 15) is 14.7 Å². The van der Waals surface area contributed by atoms with Gasteiger partial charge in [-0.25, -0.2) is 0 Å². The third-order valence-corrected chi connectivity index (χ3v) is 6.98. The first-order valence-corrected chi connectivity index (χ1v) is 12.4. The Hall–Kier alpha value is -3.92. The van der Waals surface area contributed by atoms with Crippen molar-refractivity contribution in [3.63, 3.8) is 0 Å². The predicted octanol–water partition coefficient (Wildman–Crippen LogP) is 4.20. The Labute approximate surface area is 211 Å². The predicted molar refractivity (Wildman–Crippen MR) is 134 cm³/mol. The molecule has 0 unspecified atom stereocenters. The summed E-state index contributed by atoms with van der Waals surface area (Å²) in [6.45, 7) is 6.04. The molecule has 1 amide bonds. The summed E-state index contributed by atoms with van der Waals surface area (Å²) in [7, 11) is 1.51. The summed E-state index contributed by atoms with van der Waals surface area (Å²) in [5, 5.41) is 20.5. The zero-order valence-electron chi connectivity index (χ0n) is 20.3. The van der Waals surface area contributed by atoms with Crippen molar-refractivity contribution in [2.24, 2.45) is 0 Å². The Morgan fingerprint density at radius 3 is 2.69 bits per heavy atom. The number of aliphatic hydroxyl groups is 1. The molecule has 2 aromatic carbocycles. The number of hydrogen-bond donors (Lipinski definition) is 1. The average Bonchev–Trinajstić information content (AvgIpc) is 3.53. The molecule has 2 atom stereocenters. The van der Waals surface area contributed by atoms with E-state index >= 15 is 0 Å². The van der Waals surface area contributed by atoms with Crippen LogP contribution in [0.4, 0.5) is 5.13 Å². The van der Waals surface area contributed by atoms with E-state index in [2.05, 4.69) is 10.2 Å². The van der Waals surface area contributed by atoms with E-state index in [0.717, 1.165) is 11.3 Å². The molecule has 1 saturated heterocycles. The molecule has 1 aromatic heterocycles. The number of amides is 1. The highest BCUT2D eigenvalue weighted by Gasteiger charge is 2.48. The summed E-state index contributed by atoms with van der Waals surface area (Å²) in [5.41, 5.74) is 1.88. The van der Waals surface area contributed by atoms with Crippen molar-refractivity contribution in [1.29, 1.82) is 0 Å². The summed E-state index contributed by atoms with van der Waals surface area (Å²) >= 11 is 1.19. The maximum absolute atomic E-state index is 13.4. The van der Waals surface area contributed by atoms with Gasteiger partial charge in [0.05, 0.1) is 25.3 Å². The van der Waals surface area contributed by atoms with E-state index in [1.54, 1.807) is 43.3 Å². The number of methoxy groups -OCH3 is 1. The van der Waals surface area contributed by atoms with E-state index in [1.165, 1.54) is 23.3 Å². The molecule has 0 bridgehead atoms. The molecule has 3 heterocycles. The molecule has 2 aliphatic rings. The van der Waals surface area contributed by atoms with Gasteiger partial charge in [0.2, 0.25) is 5.13 Å². The van der Waals surface area contributed by atoms with Gasteiger partial charge >= 0.3 is 5.91 Å². The number of anilines is 1. The second-order valence-electron chi connectivity index (χ2n) is 8.57. The van der Waals surface area contributed by atoms with Crippen molar-refractivity contribution in [3.8, 4) is 17.2 Å². The van der Waals surface area contributed by atoms with Crippen LogP contribution in [0.1, 0.15) is 41.6 Å². The van der Waals surface area contributed by atoms with Crippen molar-refractivity contribution < 1.29 is 28.9 Å². The molecule has 0 spiro atoms. The van der Waals surface area contributed by atoms with Gasteiger partial charge in [-0.2, -0.15) is 0 Å². The fourth-order valence-corrected chi connectivity index (χ4v) is 5.30. The number of aromatic nitrogens is 2. The number of fused-ring (bicyclic) bond motifs is 1. The van der Waals surface area contributed by atoms with Gasteiger partial charge in [-0.3, -0.25) is 14.5 Å². The van der Waals surface area contributed by atoms with Crippen molar-refractivity contribution in [3.05, 3.63) is 63.7 Å². The van der Waals surface area contributed by atoms with Crippen LogP contribution in [0.3, 0.4) is 0 Å². The summed E-state index contributed by atoms with van der Waals surface area (Å²) in [5.74, 6) is -0.141. The third kappa shape index (κ3) is 3.97. The number of aryl methyl sites for hydroxylation is 1. The highest BCUT2D eigenvalue weighted by Crippen LogP contribution is 2.45. The van der Waals surface area contributed by atoms with Crippen LogP contribution in [0, 0.1) is 6.92 Å². The zero-order valence-corrected chi connectivity index (χ0v) is 21.1. The topological polar surface area (TPSA) is 111 Å². The maximum atomic E-state index is 13.4. The zero-order chi connectivity index (χ0) is 25.6. The van der Waals surface area contributed by atoms with Gasteiger partial charge in [-0.1, -0.05) is 17.4 Å². The number of ketones is 1. The Morgan fingerprint density at radius 2 is 2.00 bits per heavy atom. The number of aliphatic hydroxyl groups excluding tert-OH is 1. The molecule has 0 saturated carbocycles. The van der Waals surface area contributed by atoms with Crippen molar-refractivity contribution in [1.82, 2.24) is 10.2 Å². The molecule has 36 heavy (non-hydrogen) atoms. The van der Waals surface area contributed by atoms with E-state index in [1.807, 2.05) is 13.8 Å². The second-order valence-corrected chi connectivity index (χ2v) is 9.73. The third-order valence-electron chi connectivity index (χ3n) is 6.14. The largest absolute Gasteiger partial charge is 0.507 e. The molecule has 2 aliphatic heterocycles. The van der Waals surface area contributed by atoms with Crippen LogP contribution in [0.5, 0.6) is 17.2 Å². The van der Waals surface area contributed by atoms with Gasteiger partial charge in [0.15, 0.2) is 11.5 Å². The van der Waals surface area contributed by atoms with Gasteiger partial charge in [0.1, 0.15) is 22.6 Å². The van der Waals surface area contributed by atoms with Crippen molar-refractivity contribution in [2.75, 3.05) is 18.6 Å². The minimum atomic E-state index is -0.939. The van der Waals surface area contributed by atoms with Crippen LogP contribution in [0.25, 0.3) is 5.76 Å². The normalized spacial score (nSPS) is 20.4. The van der Waals surface area contributed by atoms with Crippen LogP contribution in [-0.2, 0) is 16.0 Å².